The van der Waals surface area contributed by atoms with E-state index in [-0.39, 0.29) is 0 Å². The summed E-state index contributed by atoms with van der Waals surface area (Å²) in [5.74, 6) is 0. The van der Waals surface area contributed by atoms with Gasteiger partial charge >= 0.3 is 0 Å². The van der Waals surface area contributed by atoms with Crippen LogP contribution in [0.2, 0.25) is 0 Å². The van der Waals surface area contributed by atoms with Crippen LogP contribution in [0.25, 0.3) is 0 Å². The van der Waals surface area contributed by atoms with Crippen molar-refractivity contribution < 1.29 is 5.11 Å². The minimum atomic E-state index is -0.488. The van der Waals surface area contributed by atoms with Gasteiger partial charge in [0.2, 0.25) is 0 Å². The zero-order chi connectivity index (χ0) is 10.0. The second kappa shape index (κ2) is 4.01. The van der Waals surface area contributed by atoms with Gasteiger partial charge in [-0.05, 0) is 37.9 Å². The first kappa shape index (κ1) is 10.1. The predicted octanol–water partition coefficient (Wildman–Crippen LogP) is 1.75. The molecule has 0 aliphatic carbocycles. The van der Waals surface area contributed by atoms with Gasteiger partial charge in [-0.1, -0.05) is 6.07 Å². The number of aliphatic hydroxyl groups is 1. The second-order valence-electron chi connectivity index (χ2n) is 4.32. The average Bonchev–Trinajstić information content (AvgIpc) is 2.55. The van der Waals surface area contributed by atoms with Crippen LogP contribution < -0.4 is 0 Å². The van der Waals surface area contributed by atoms with Crippen molar-refractivity contribution in [1.29, 1.82) is 0 Å². The molecule has 1 N–H and O–H groups in total. The van der Waals surface area contributed by atoms with Crippen molar-refractivity contribution in [2.75, 3.05) is 20.1 Å². The zero-order valence-electron chi connectivity index (χ0n) is 8.57. The summed E-state index contributed by atoms with van der Waals surface area (Å²) in [7, 11) is 2.08. The second-order valence-corrected chi connectivity index (χ2v) is 5.35. The van der Waals surface area contributed by atoms with Gasteiger partial charge in [-0.2, -0.15) is 0 Å². The highest BCUT2D eigenvalue weighted by Crippen LogP contribution is 2.26. The Balaban J connectivity index is 2.01. The minimum Gasteiger partial charge on any atom is -0.388 e. The summed E-state index contributed by atoms with van der Waals surface area (Å²) in [6.45, 7) is 1.93. The molecule has 2 nitrogen and oxygen atoms in total. The SMILES string of the molecule is CN1CCCC(O)(Cc2cccs2)C1. The smallest absolute Gasteiger partial charge is 0.0822 e. The molecule has 0 bridgehead atoms. The summed E-state index contributed by atoms with van der Waals surface area (Å²) in [4.78, 5) is 3.51. The van der Waals surface area contributed by atoms with Crippen LogP contribution in [0.15, 0.2) is 17.5 Å². The molecule has 78 valence electrons. The Labute approximate surface area is 89.2 Å². The standard InChI is InChI=1S/C11H17NOS/c1-12-6-3-5-11(13,9-12)8-10-4-2-7-14-10/h2,4,7,13H,3,5-6,8-9H2,1H3. The molecular formula is C11H17NOS. The van der Waals surface area contributed by atoms with E-state index in [1.807, 2.05) is 0 Å². The van der Waals surface area contributed by atoms with Crippen LogP contribution in [-0.2, 0) is 6.42 Å². The van der Waals surface area contributed by atoms with Gasteiger partial charge in [0.25, 0.3) is 0 Å². The maximum Gasteiger partial charge on any atom is 0.0822 e. The maximum atomic E-state index is 10.4. The molecule has 1 fully saturated rings. The molecule has 1 atom stereocenters. The van der Waals surface area contributed by atoms with E-state index in [0.717, 1.165) is 32.4 Å². The van der Waals surface area contributed by atoms with Crippen LogP contribution >= 0.6 is 11.3 Å². The van der Waals surface area contributed by atoms with Crippen molar-refractivity contribution in [1.82, 2.24) is 4.90 Å². The number of β-amino-alcohol motifs (C(OH)–C–C–N with tert-alkyl or cyclic N) is 1. The lowest BCUT2D eigenvalue weighted by Gasteiger charge is -2.37. The molecule has 1 aliphatic heterocycles. The highest BCUT2D eigenvalue weighted by atomic mass is 32.1. The fourth-order valence-electron chi connectivity index (χ4n) is 2.22. The summed E-state index contributed by atoms with van der Waals surface area (Å²) in [6.07, 6.45) is 2.86. The number of nitrogens with zero attached hydrogens (tertiary/aromatic N) is 1. The Morgan fingerprint density at radius 2 is 2.50 bits per heavy atom. The van der Waals surface area contributed by atoms with E-state index in [9.17, 15) is 5.11 Å². The Morgan fingerprint density at radius 1 is 1.64 bits per heavy atom. The van der Waals surface area contributed by atoms with Crippen LogP contribution in [0, 0.1) is 0 Å². The number of likely N-dealkylation sites (N-methyl/N-ethyl adjacent to an activating group) is 1. The quantitative estimate of drug-likeness (QED) is 0.805. The van der Waals surface area contributed by atoms with E-state index in [1.54, 1.807) is 11.3 Å². The highest BCUT2D eigenvalue weighted by Gasteiger charge is 2.32. The van der Waals surface area contributed by atoms with Crippen molar-refractivity contribution >= 4 is 11.3 Å². The molecule has 0 amide bonds. The molecule has 2 heterocycles. The van der Waals surface area contributed by atoms with Crippen LogP contribution in [0.1, 0.15) is 17.7 Å². The summed E-state index contributed by atoms with van der Waals surface area (Å²) in [5, 5.41) is 12.5. The lowest BCUT2D eigenvalue weighted by atomic mass is 9.89. The van der Waals surface area contributed by atoms with E-state index in [0.29, 0.717) is 0 Å². The fraction of sp³-hybridized carbons (Fsp3) is 0.636. The van der Waals surface area contributed by atoms with Gasteiger partial charge in [-0.25, -0.2) is 0 Å². The largest absolute Gasteiger partial charge is 0.388 e. The zero-order valence-corrected chi connectivity index (χ0v) is 9.39. The van der Waals surface area contributed by atoms with Gasteiger partial charge in [-0.3, -0.25) is 0 Å². The normalized spacial score (nSPS) is 29.3. The number of piperidine rings is 1. The number of likely N-dealkylation sites (tertiary alicyclic amines) is 1. The number of thiophene rings is 1. The molecular weight excluding hydrogens is 194 g/mol. The van der Waals surface area contributed by atoms with Crippen LogP contribution in [-0.4, -0.2) is 35.7 Å². The molecule has 1 unspecified atom stereocenters. The molecule has 0 radical (unpaired) electrons. The molecule has 2 rings (SSSR count). The van der Waals surface area contributed by atoms with Crippen molar-refractivity contribution in [2.24, 2.45) is 0 Å². The number of rotatable bonds is 2. The molecule has 1 saturated heterocycles. The average molecular weight is 211 g/mol. The van der Waals surface area contributed by atoms with Gasteiger partial charge in [0.05, 0.1) is 5.60 Å². The van der Waals surface area contributed by atoms with Crippen LogP contribution in [0.3, 0.4) is 0 Å². The highest BCUT2D eigenvalue weighted by molar-refractivity contribution is 7.09. The van der Waals surface area contributed by atoms with Gasteiger partial charge in [-0.15, -0.1) is 11.3 Å². The van der Waals surface area contributed by atoms with E-state index in [2.05, 4.69) is 29.5 Å². The van der Waals surface area contributed by atoms with Crippen LogP contribution in [0.4, 0.5) is 0 Å². The first-order chi connectivity index (χ1) is 6.68. The van der Waals surface area contributed by atoms with Gasteiger partial charge < -0.3 is 10.0 Å². The topological polar surface area (TPSA) is 23.5 Å². The summed E-state index contributed by atoms with van der Waals surface area (Å²) in [5.41, 5.74) is -0.488. The van der Waals surface area contributed by atoms with E-state index < -0.39 is 5.60 Å². The first-order valence-corrected chi connectivity index (χ1v) is 5.99. The Kier molecular flexibility index (Phi) is 2.91. The number of hydrogen-bond donors (Lipinski definition) is 1. The summed E-state index contributed by atoms with van der Waals surface area (Å²) >= 11 is 1.74. The van der Waals surface area contributed by atoms with Crippen molar-refractivity contribution in [3.8, 4) is 0 Å². The monoisotopic (exact) mass is 211 g/mol. The van der Waals surface area contributed by atoms with E-state index in [1.165, 1.54) is 4.88 Å². The molecule has 0 aromatic carbocycles. The summed E-state index contributed by atoms with van der Waals surface area (Å²) < 4.78 is 0. The molecule has 1 aliphatic rings. The van der Waals surface area contributed by atoms with Crippen molar-refractivity contribution in [3.05, 3.63) is 22.4 Å². The molecule has 14 heavy (non-hydrogen) atoms. The summed E-state index contributed by atoms with van der Waals surface area (Å²) in [6, 6.07) is 4.16. The van der Waals surface area contributed by atoms with Gasteiger partial charge in [0.15, 0.2) is 0 Å². The molecule has 1 aromatic heterocycles. The number of hydrogen-bond acceptors (Lipinski definition) is 3. The third-order valence-electron chi connectivity index (χ3n) is 2.83. The molecule has 3 heteroatoms. The Bertz CT molecular complexity index is 285. The van der Waals surface area contributed by atoms with Crippen molar-refractivity contribution in [2.45, 2.75) is 24.9 Å². The van der Waals surface area contributed by atoms with Crippen molar-refractivity contribution in [3.63, 3.8) is 0 Å². The van der Waals surface area contributed by atoms with E-state index >= 15 is 0 Å². The van der Waals surface area contributed by atoms with Gasteiger partial charge in [0.1, 0.15) is 0 Å². The third-order valence-corrected chi connectivity index (χ3v) is 3.71. The van der Waals surface area contributed by atoms with E-state index in [4.69, 9.17) is 0 Å². The Morgan fingerprint density at radius 3 is 3.14 bits per heavy atom. The molecule has 0 saturated carbocycles. The first-order valence-electron chi connectivity index (χ1n) is 5.11. The third kappa shape index (κ3) is 2.35. The maximum absolute atomic E-state index is 10.4. The molecule has 1 aromatic rings. The van der Waals surface area contributed by atoms with Crippen LogP contribution in [0.5, 0.6) is 0 Å². The molecule has 0 spiro atoms. The fourth-order valence-corrected chi connectivity index (χ4v) is 3.06. The van der Waals surface area contributed by atoms with Gasteiger partial charge in [0, 0.05) is 17.8 Å². The Hall–Kier alpha value is -0.380. The lowest BCUT2D eigenvalue weighted by Crippen LogP contribution is -2.47. The predicted molar refractivity (Wildman–Crippen MR) is 59.7 cm³/mol. The minimum absolute atomic E-state index is 0.488. The lowest BCUT2D eigenvalue weighted by molar-refractivity contribution is -0.0218.